The van der Waals surface area contributed by atoms with Crippen LogP contribution in [0.15, 0.2) is 18.2 Å². The van der Waals surface area contributed by atoms with E-state index >= 15 is 0 Å². The minimum atomic E-state index is 0.121. The normalized spacial score (nSPS) is 27.3. The van der Waals surface area contributed by atoms with Crippen molar-refractivity contribution in [3.8, 4) is 0 Å². The van der Waals surface area contributed by atoms with Crippen LogP contribution in [0.2, 0.25) is 0 Å². The number of aromatic nitrogens is 1. The standard InChI is InChI=1S/C17H21N3OS/c1-11(21)15-9-13-3-4-16(18-17(13)22-15)19(2)14-10-20-7-5-12(14)6-8-20/h3-4,9,12,14H,5-8,10H2,1-2H3. The van der Waals surface area contributed by atoms with E-state index in [1.54, 1.807) is 6.92 Å². The maximum atomic E-state index is 11.5. The van der Waals surface area contributed by atoms with E-state index in [1.807, 2.05) is 6.07 Å². The number of rotatable bonds is 3. The smallest absolute Gasteiger partial charge is 0.169 e. The Balaban J connectivity index is 1.64. The SMILES string of the molecule is CC(=O)c1cc2ccc(N(C)C3CN4CCC3CC4)nc2s1. The lowest BCUT2D eigenvalue weighted by Crippen LogP contribution is -2.56. The Kier molecular flexibility index (Phi) is 3.42. The first-order valence-electron chi connectivity index (χ1n) is 7.98. The van der Waals surface area contributed by atoms with Crippen LogP contribution in [0, 0.1) is 5.92 Å². The molecule has 0 N–H and O–H groups in total. The van der Waals surface area contributed by atoms with Gasteiger partial charge in [0.05, 0.1) is 4.88 Å². The molecule has 1 atom stereocenters. The number of ketones is 1. The summed E-state index contributed by atoms with van der Waals surface area (Å²) in [7, 11) is 2.17. The van der Waals surface area contributed by atoms with Crippen molar-refractivity contribution in [2.24, 2.45) is 5.92 Å². The lowest BCUT2D eigenvalue weighted by molar-refractivity contribution is 0.0871. The van der Waals surface area contributed by atoms with Gasteiger partial charge in [-0.1, -0.05) is 0 Å². The number of hydrogen-bond acceptors (Lipinski definition) is 5. The Morgan fingerprint density at radius 1 is 1.36 bits per heavy atom. The maximum absolute atomic E-state index is 11.5. The van der Waals surface area contributed by atoms with Gasteiger partial charge in [-0.15, -0.1) is 11.3 Å². The minimum Gasteiger partial charge on any atom is -0.355 e. The number of Topliss-reactive ketones (excluding diaryl/α,β-unsaturated/α-hetero) is 1. The van der Waals surface area contributed by atoms with E-state index in [-0.39, 0.29) is 5.78 Å². The molecule has 5 rings (SSSR count). The van der Waals surface area contributed by atoms with E-state index in [0.29, 0.717) is 6.04 Å². The van der Waals surface area contributed by atoms with Crippen molar-refractivity contribution in [1.82, 2.24) is 9.88 Å². The molecular formula is C17H21N3OS. The third-order valence-corrected chi connectivity index (χ3v) is 6.34. The summed E-state index contributed by atoms with van der Waals surface area (Å²) in [6.45, 7) is 5.29. The molecule has 3 aliphatic heterocycles. The molecule has 0 aromatic carbocycles. The van der Waals surface area contributed by atoms with Crippen LogP contribution in [-0.4, -0.2) is 48.4 Å². The fourth-order valence-corrected chi connectivity index (χ4v) is 4.74. The van der Waals surface area contributed by atoms with Crippen molar-refractivity contribution < 1.29 is 4.79 Å². The fourth-order valence-electron chi connectivity index (χ4n) is 3.82. The summed E-state index contributed by atoms with van der Waals surface area (Å²) in [6, 6.07) is 6.71. The third kappa shape index (κ3) is 2.32. The van der Waals surface area contributed by atoms with Crippen molar-refractivity contribution in [2.75, 3.05) is 31.6 Å². The molecule has 116 valence electrons. The van der Waals surface area contributed by atoms with Gasteiger partial charge in [-0.25, -0.2) is 4.98 Å². The molecule has 3 saturated heterocycles. The van der Waals surface area contributed by atoms with Gasteiger partial charge >= 0.3 is 0 Å². The van der Waals surface area contributed by atoms with Crippen LogP contribution in [0.4, 0.5) is 5.82 Å². The van der Waals surface area contributed by atoms with Gasteiger partial charge in [0.25, 0.3) is 0 Å². The number of pyridine rings is 1. The summed E-state index contributed by atoms with van der Waals surface area (Å²) < 4.78 is 0. The molecule has 0 radical (unpaired) electrons. The van der Waals surface area contributed by atoms with Crippen LogP contribution < -0.4 is 4.90 Å². The maximum Gasteiger partial charge on any atom is 0.169 e. The molecule has 2 bridgehead atoms. The molecule has 5 heteroatoms. The van der Waals surface area contributed by atoms with Gasteiger partial charge in [0.1, 0.15) is 10.6 Å². The predicted molar refractivity (Wildman–Crippen MR) is 91.0 cm³/mol. The summed E-state index contributed by atoms with van der Waals surface area (Å²) >= 11 is 1.50. The highest BCUT2D eigenvalue weighted by molar-refractivity contribution is 7.20. The number of anilines is 1. The Morgan fingerprint density at radius 3 is 2.77 bits per heavy atom. The monoisotopic (exact) mass is 315 g/mol. The predicted octanol–water partition coefficient (Wildman–Crippen LogP) is 3.03. The lowest BCUT2D eigenvalue weighted by atomic mass is 9.83. The van der Waals surface area contributed by atoms with Crippen molar-refractivity contribution in [3.63, 3.8) is 0 Å². The highest BCUT2D eigenvalue weighted by Crippen LogP contribution is 2.33. The first-order chi connectivity index (χ1) is 10.6. The molecule has 5 heterocycles. The minimum absolute atomic E-state index is 0.121. The molecule has 3 fully saturated rings. The van der Waals surface area contributed by atoms with Crippen LogP contribution >= 0.6 is 11.3 Å². The van der Waals surface area contributed by atoms with E-state index in [0.717, 1.165) is 33.4 Å². The molecule has 0 saturated carbocycles. The second-order valence-corrected chi connectivity index (χ2v) is 7.58. The van der Waals surface area contributed by atoms with E-state index in [1.165, 1.54) is 37.3 Å². The average molecular weight is 315 g/mol. The molecule has 2 aromatic heterocycles. The summed E-state index contributed by atoms with van der Waals surface area (Å²) in [6.07, 6.45) is 2.62. The van der Waals surface area contributed by atoms with Crippen molar-refractivity contribution in [2.45, 2.75) is 25.8 Å². The molecule has 3 aliphatic rings. The Bertz CT molecular complexity index is 718. The van der Waals surface area contributed by atoms with Crippen LogP contribution in [0.3, 0.4) is 0 Å². The first kappa shape index (κ1) is 14.2. The number of nitrogens with zero attached hydrogens (tertiary/aromatic N) is 3. The molecule has 0 amide bonds. The van der Waals surface area contributed by atoms with Crippen molar-refractivity contribution in [1.29, 1.82) is 0 Å². The van der Waals surface area contributed by atoms with Gasteiger partial charge in [-0.05, 0) is 57.0 Å². The summed E-state index contributed by atoms with van der Waals surface area (Å²) in [4.78, 5) is 23.0. The van der Waals surface area contributed by atoms with Crippen LogP contribution in [-0.2, 0) is 0 Å². The quantitative estimate of drug-likeness (QED) is 0.816. The van der Waals surface area contributed by atoms with E-state index < -0.39 is 0 Å². The fraction of sp³-hybridized carbons (Fsp3) is 0.529. The third-order valence-electron chi connectivity index (χ3n) is 5.20. The molecule has 2 aromatic rings. The largest absolute Gasteiger partial charge is 0.355 e. The number of likely N-dealkylation sites (N-methyl/N-ethyl adjacent to an activating group) is 1. The zero-order chi connectivity index (χ0) is 15.3. The Morgan fingerprint density at radius 2 is 2.14 bits per heavy atom. The molecule has 22 heavy (non-hydrogen) atoms. The second-order valence-electron chi connectivity index (χ2n) is 6.55. The zero-order valence-corrected chi connectivity index (χ0v) is 13.9. The van der Waals surface area contributed by atoms with Gasteiger partial charge in [0, 0.05) is 25.0 Å². The molecule has 0 spiro atoms. The lowest BCUT2D eigenvalue weighted by Gasteiger charge is -2.48. The summed E-state index contributed by atoms with van der Waals surface area (Å²) in [5.74, 6) is 1.95. The van der Waals surface area contributed by atoms with E-state index in [9.17, 15) is 4.79 Å². The van der Waals surface area contributed by atoms with Gasteiger partial charge in [0.2, 0.25) is 0 Å². The van der Waals surface area contributed by atoms with Gasteiger partial charge in [-0.3, -0.25) is 4.79 Å². The number of piperidine rings is 3. The Labute approximate surface area is 134 Å². The van der Waals surface area contributed by atoms with Crippen LogP contribution in [0.5, 0.6) is 0 Å². The molecule has 1 unspecified atom stereocenters. The van der Waals surface area contributed by atoms with Crippen molar-refractivity contribution in [3.05, 3.63) is 23.1 Å². The average Bonchev–Trinajstić information content (AvgIpc) is 2.98. The number of carbonyl (C=O) groups excluding carboxylic acids is 1. The topological polar surface area (TPSA) is 36.4 Å². The number of hydrogen-bond donors (Lipinski definition) is 0. The van der Waals surface area contributed by atoms with Gasteiger partial charge in [-0.2, -0.15) is 0 Å². The van der Waals surface area contributed by atoms with E-state index in [4.69, 9.17) is 4.98 Å². The van der Waals surface area contributed by atoms with Gasteiger partial charge in [0.15, 0.2) is 5.78 Å². The number of thiophene rings is 1. The summed E-state index contributed by atoms with van der Waals surface area (Å²) in [5.41, 5.74) is 0. The molecule has 0 aliphatic carbocycles. The zero-order valence-electron chi connectivity index (χ0n) is 13.1. The van der Waals surface area contributed by atoms with Gasteiger partial charge < -0.3 is 9.80 Å². The first-order valence-corrected chi connectivity index (χ1v) is 8.80. The van der Waals surface area contributed by atoms with Crippen LogP contribution in [0.1, 0.15) is 29.4 Å². The highest BCUT2D eigenvalue weighted by Gasteiger charge is 2.36. The van der Waals surface area contributed by atoms with Crippen molar-refractivity contribution >= 4 is 33.2 Å². The molecular weight excluding hydrogens is 294 g/mol. The highest BCUT2D eigenvalue weighted by atomic mass is 32.1. The Hall–Kier alpha value is -1.46. The number of carbonyl (C=O) groups is 1. The molecule has 4 nitrogen and oxygen atoms in total. The summed E-state index contributed by atoms with van der Waals surface area (Å²) in [5, 5.41) is 1.07. The van der Waals surface area contributed by atoms with Crippen LogP contribution in [0.25, 0.3) is 10.2 Å². The second kappa shape index (κ2) is 5.32. The van der Waals surface area contributed by atoms with E-state index in [2.05, 4.69) is 29.0 Å². The number of fused-ring (bicyclic) bond motifs is 4.